The van der Waals surface area contributed by atoms with E-state index in [0.29, 0.717) is 25.4 Å². The van der Waals surface area contributed by atoms with Crippen molar-refractivity contribution >= 4 is 17.3 Å². The minimum Gasteiger partial charge on any atom is -0.340 e. The number of pyridine rings is 2. The molecule has 7 rings (SSSR count). The molecule has 4 aromatic rings. The normalized spacial score (nSPS) is 18.0. The Labute approximate surface area is 197 Å². The summed E-state index contributed by atoms with van der Waals surface area (Å²) >= 11 is 0. The van der Waals surface area contributed by atoms with Crippen LogP contribution in [0.4, 0.5) is 0 Å². The molecule has 0 aromatic carbocycles. The van der Waals surface area contributed by atoms with Crippen LogP contribution in [0.15, 0.2) is 47.8 Å². The van der Waals surface area contributed by atoms with Crippen LogP contribution in [0.2, 0.25) is 0 Å². The number of aryl methyl sites for hydroxylation is 1. The van der Waals surface area contributed by atoms with Crippen molar-refractivity contribution in [3.8, 4) is 11.3 Å². The Kier molecular flexibility index (Phi) is 4.24. The van der Waals surface area contributed by atoms with Crippen molar-refractivity contribution in [2.24, 2.45) is 4.99 Å². The van der Waals surface area contributed by atoms with Crippen molar-refractivity contribution in [3.05, 3.63) is 71.1 Å². The molecule has 1 aliphatic carbocycles. The summed E-state index contributed by atoms with van der Waals surface area (Å²) < 4.78 is 4.10. The van der Waals surface area contributed by atoms with E-state index >= 15 is 0 Å². The number of hydrogen-bond donors (Lipinski definition) is 0. The van der Waals surface area contributed by atoms with Gasteiger partial charge < -0.3 is 4.90 Å². The van der Waals surface area contributed by atoms with Gasteiger partial charge in [0.25, 0.3) is 0 Å². The van der Waals surface area contributed by atoms with Crippen LogP contribution < -0.4 is 0 Å². The fraction of sp³-hybridized carbons (Fsp3) is 0.346. The molecule has 4 bridgehead atoms. The van der Waals surface area contributed by atoms with Crippen LogP contribution in [0.3, 0.4) is 0 Å². The number of nitrogens with zero attached hydrogens (tertiary/aromatic N) is 7. The highest BCUT2D eigenvalue weighted by Gasteiger charge is 2.33. The Morgan fingerprint density at radius 2 is 2.03 bits per heavy atom. The fourth-order valence-electron chi connectivity index (χ4n) is 5.17. The van der Waals surface area contributed by atoms with Crippen molar-refractivity contribution in [3.63, 3.8) is 0 Å². The number of amides is 1. The van der Waals surface area contributed by atoms with Crippen molar-refractivity contribution in [2.45, 2.75) is 51.2 Å². The third-order valence-electron chi connectivity index (χ3n) is 7.09. The maximum atomic E-state index is 12.9. The first-order chi connectivity index (χ1) is 16.7. The number of fused-ring (bicyclic) bond motifs is 8. The first-order valence-corrected chi connectivity index (χ1v) is 12.0. The summed E-state index contributed by atoms with van der Waals surface area (Å²) in [6.45, 7) is 1.76. The maximum absolute atomic E-state index is 12.9. The molecule has 0 spiro atoms. The molecule has 8 nitrogen and oxygen atoms in total. The molecule has 0 atom stereocenters. The standard InChI is InChI=1S/C26H25N7O/c1-31-15-21-26(33-10-3-2-5-22(33)29-21)17-11-18-20(27-12-17)13-28-25(18)19-14-32(9-4-6-23(31)34)30-24(19)16-7-8-16/h2-3,5,10-12,14,16H,4,6-9,13,15H2,1H3. The lowest BCUT2D eigenvalue weighted by Crippen LogP contribution is -2.26. The van der Waals surface area contributed by atoms with E-state index in [1.165, 1.54) is 12.8 Å². The molecule has 34 heavy (non-hydrogen) atoms. The van der Waals surface area contributed by atoms with Gasteiger partial charge in [-0.1, -0.05) is 6.07 Å². The SMILES string of the molecule is CN1Cc2nc3ccccn3c2-c2cnc3c(c2)C(=NC3)c2cn(nc2C2CC2)CCCC1=O. The van der Waals surface area contributed by atoms with Crippen LogP contribution in [0.1, 0.15) is 59.8 Å². The van der Waals surface area contributed by atoms with Gasteiger partial charge >= 0.3 is 0 Å². The van der Waals surface area contributed by atoms with Gasteiger partial charge in [-0.15, -0.1) is 0 Å². The lowest BCUT2D eigenvalue weighted by atomic mass is 9.99. The van der Waals surface area contributed by atoms with Crippen LogP contribution in [0.25, 0.3) is 16.9 Å². The third-order valence-corrected chi connectivity index (χ3v) is 7.09. The molecule has 1 fully saturated rings. The maximum Gasteiger partial charge on any atom is 0.222 e. The topological polar surface area (TPSA) is 80.7 Å². The Hall–Kier alpha value is -3.81. The van der Waals surface area contributed by atoms with Gasteiger partial charge in [0.05, 0.1) is 41.6 Å². The molecule has 1 saturated carbocycles. The van der Waals surface area contributed by atoms with Crippen molar-refractivity contribution in [2.75, 3.05) is 7.05 Å². The van der Waals surface area contributed by atoms with Crippen LogP contribution in [0, 0.1) is 0 Å². The molecular weight excluding hydrogens is 426 g/mol. The van der Waals surface area contributed by atoms with Crippen LogP contribution in [0.5, 0.6) is 0 Å². The highest BCUT2D eigenvalue weighted by molar-refractivity contribution is 6.16. The first-order valence-electron chi connectivity index (χ1n) is 12.0. The van der Waals surface area contributed by atoms with E-state index in [4.69, 9.17) is 20.1 Å². The van der Waals surface area contributed by atoms with E-state index in [-0.39, 0.29) is 5.91 Å². The zero-order valence-electron chi connectivity index (χ0n) is 19.1. The second-order valence-electron chi connectivity index (χ2n) is 9.54. The van der Waals surface area contributed by atoms with Gasteiger partial charge in [-0.05, 0) is 37.5 Å². The molecule has 4 aromatic heterocycles. The van der Waals surface area contributed by atoms with E-state index in [2.05, 4.69) is 16.7 Å². The molecule has 1 amide bonds. The largest absolute Gasteiger partial charge is 0.340 e. The van der Waals surface area contributed by atoms with Gasteiger partial charge in [-0.2, -0.15) is 5.10 Å². The van der Waals surface area contributed by atoms with Gasteiger partial charge in [0.1, 0.15) is 5.65 Å². The van der Waals surface area contributed by atoms with Gasteiger partial charge in [0.15, 0.2) is 0 Å². The Balaban J connectivity index is 1.44. The van der Waals surface area contributed by atoms with E-state index < -0.39 is 0 Å². The quantitative estimate of drug-likeness (QED) is 0.443. The fourth-order valence-corrected chi connectivity index (χ4v) is 5.17. The van der Waals surface area contributed by atoms with E-state index in [0.717, 1.165) is 63.8 Å². The molecule has 8 heteroatoms. The third kappa shape index (κ3) is 3.09. The minimum absolute atomic E-state index is 0.116. The molecule has 3 aliphatic rings. The second kappa shape index (κ2) is 7.35. The summed E-state index contributed by atoms with van der Waals surface area (Å²) in [6, 6.07) is 8.18. The summed E-state index contributed by atoms with van der Waals surface area (Å²) in [5.74, 6) is 0.626. The number of aliphatic imine (C=N–C) groups is 1. The van der Waals surface area contributed by atoms with Crippen LogP contribution in [-0.4, -0.2) is 47.7 Å². The minimum atomic E-state index is 0.116. The highest BCUT2D eigenvalue weighted by atomic mass is 16.2. The van der Waals surface area contributed by atoms with Crippen molar-refractivity contribution in [1.82, 2.24) is 29.0 Å². The highest BCUT2D eigenvalue weighted by Crippen LogP contribution is 2.42. The summed E-state index contributed by atoms with van der Waals surface area (Å²) in [7, 11) is 1.86. The van der Waals surface area contributed by atoms with E-state index in [1.807, 2.05) is 42.3 Å². The molecule has 170 valence electrons. The number of aromatic nitrogens is 5. The molecule has 6 heterocycles. The van der Waals surface area contributed by atoms with Gasteiger partial charge in [-0.3, -0.25) is 23.9 Å². The summed E-state index contributed by atoms with van der Waals surface area (Å²) in [5.41, 5.74) is 9.04. The Morgan fingerprint density at radius 3 is 2.91 bits per heavy atom. The van der Waals surface area contributed by atoms with Crippen molar-refractivity contribution in [1.29, 1.82) is 0 Å². The number of carbonyl (C=O) groups excluding carboxylic acids is 1. The average molecular weight is 452 g/mol. The average Bonchev–Trinajstić information content (AvgIpc) is 3.31. The second-order valence-corrected chi connectivity index (χ2v) is 9.54. The first kappa shape index (κ1) is 19.6. The zero-order chi connectivity index (χ0) is 22.8. The number of imidazole rings is 1. The Morgan fingerprint density at radius 1 is 1.12 bits per heavy atom. The zero-order valence-corrected chi connectivity index (χ0v) is 19.1. The lowest BCUT2D eigenvalue weighted by molar-refractivity contribution is -0.130. The summed E-state index contributed by atoms with van der Waals surface area (Å²) in [5, 5.41) is 4.93. The smallest absolute Gasteiger partial charge is 0.222 e. The van der Waals surface area contributed by atoms with E-state index in [1.54, 1.807) is 4.90 Å². The monoisotopic (exact) mass is 451 g/mol. The lowest BCUT2D eigenvalue weighted by Gasteiger charge is -2.17. The molecule has 2 aliphatic heterocycles. The Bertz CT molecular complexity index is 1490. The molecule has 0 radical (unpaired) electrons. The van der Waals surface area contributed by atoms with Crippen molar-refractivity contribution < 1.29 is 4.79 Å². The molecule has 0 N–H and O–H groups in total. The molecular formula is C26H25N7O. The van der Waals surface area contributed by atoms with E-state index in [9.17, 15) is 4.79 Å². The van der Waals surface area contributed by atoms with Gasteiger partial charge in [0, 0.05) is 61.2 Å². The van der Waals surface area contributed by atoms with Crippen LogP contribution in [-0.2, 0) is 24.4 Å². The summed E-state index contributed by atoms with van der Waals surface area (Å²) in [4.78, 5) is 29.3. The van der Waals surface area contributed by atoms with Gasteiger partial charge in [0.2, 0.25) is 5.91 Å². The van der Waals surface area contributed by atoms with Crippen LogP contribution >= 0.6 is 0 Å². The molecule has 0 saturated heterocycles. The van der Waals surface area contributed by atoms with Gasteiger partial charge in [-0.25, -0.2) is 4.98 Å². The molecule has 0 unspecified atom stereocenters. The number of hydrogen-bond acceptors (Lipinski definition) is 5. The predicted molar refractivity (Wildman–Crippen MR) is 128 cm³/mol. The predicted octanol–water partition coefficient (Wildman–Crippen LogP) is 3.57. The summed E-state index contributed by atoms with van der Waals surface area (Å²) in [6.07, 6.45) is 9.65. The number of carbonyl (C=O) groups is 1. The number of rotatable bonds is 1.